The van der Waals surface area contributed by atoms with Gasteiger partial charge >= 0.3 is 23.9 Å². The van der Waals surface area contributed by atoms with E-state index in [1.807, 2.05) is 0 Å². The molecule has 3 rings (SSSR count). The van der Waals surface area contributed by atoms with E-state index in [1.54, 1.807) is 13.8 Å². The van der Waals surface area contributed by atoms with E-state index in [2.05, 4.69) is 6.58 Å². The van der Waals surface area contributed by atoms with Crippen LogP contribution in [-0.4, -0.2) is 89.8 Å². The summed E-state index contributed by atoms with van der Waals surface area (Å²) in [5.74, 6) is -6.72. The molecule has 11 nitrogen and oxygen atoms in total. The van der Waals surface area contributed by atoms with Crippen molar-refractivity contribution in [3.63, 3.8) is 0 Å². The van der Waals surface area contributed by atoms with E-state index in [9.17, 15) is 29.4 Å². The summed E-state index contributed by atoms with van der Waals surface area (Å²) in [5, 5.41) is 21.1. The Morgan fingerprint density at radius 2 is 1.97 bits per heavy atom. The van der Waals surface area contributed by atoms with Crippen LogP contribution in [0.5, 0.6) is 0 Å². The fraction of sp³-hybridized carbons (Fsp3) is 0.692. The standard InChI is InChI=1S/C26H35ClO11/c1-6-12(3)22(30)35-19-17(25(33)34-5)15-8-9-26(11-27,38-15)21(29)20-16(13(4)23(31)37-20)18(19)36-24(32)14(7-2)10-28/h7,12,15-21,28-29H,4,6,8-11H2,1-3,5H3/b14-7-/t12-,15+,16-,17+,18+,19+,20+,21-,26+/m1/s1. The second kappa shape index (κ2) is 12.1. The van der Waals surface area contributed by atoms with E-state index in [-0.39, 0.29) is 29.9 Å². The van der Waals surface area contributed by atoms with Gasteiger partial charge in [0.15, 0.2) is 12.2 Å². The molecule has 0 amide bonds. The number of rotatable bonds is 8. The molecule has 0 aromatic rings. The van der Waals surface area contributed by atoms with Gasteiger partial charge in [-0.05, 0) is 26.2 Å². The molecule has 0 unspecified atom stereocenters. The Balaban J connectivity index is 2.26. The van der Waals surface area contributed by atoms with Crippen LogP contribution in [0.2, 0.25) is 0 Å². The maximum Gasteiger partial charge on any atom is 0.336 e. The van der Waals surface area contributed by atoms with Crippen molar-refractivity contribution in [2.45, 2.75) is 76.2 Å². The molecule has 3 fully saturated rings. The number of carbonyl (C=O) groups is 4. The summed E-state index contributed by atoms with van der Waals surface area (Å²) >= 11 is 6.27. The number of aliphatic hydroxyl groups is 2. The van der Waals surface area contributed by atoms with Gasteiger partial charge in [0.05, 0.1) is 43.1 Å². The number of methoxy groups -OCH3 is 1. The first-order valence-electron chi connectivity index (χ1n) is 12.6. The molecule has 3 aliphatic heterocycles. The molecule has 0 saturated carbocycles. The van der Waals surface area contributed by atoms with Crippen LogP contribution in [0.4, 0.5) is 0 Å². The largest absolute Gasteiger partial charge is 0.469 e. The molecular formula is C26H35ClO11. The first-order chi connectivity index (χ1) is 18.0. The predicted molar refractivity (Wildman–Crippen MR) is 132 cm³/mol. The molecule has 38 heavy (non-hydrogen) atoms. The van der Waals surface area contributed by atoms with Gasteiger partial charge in [-0.1, -0.05) is 26.5 Å². The summed E-state index contributed by atoms with van der Waals surface area (Å²) in [6, 6.07) is 0. The third-order valence-corrected chi connectivity index (χ3v) is 8.23. The summed E-state index contributed by atoms with van der Waals surface area (Å²) in [7, 11) is 1.15. The van der Waals surface area contributed by atoms with Crippen molar-refractivity contribution in [3.8, 4) is 0 Å². The van der Waals surface area contributed by atoms with E-state index in [0.29, 0.717) is 6.42 Å². The molecule has 0 spiro atoms. The SMILES string of the molecule is C=C1C(=O)O[C@H]2[C@H]1[C@H](OC(=O)/C(=C\C)CO)[C@@H](OC(=O)[C@H](C)CC)[C@@H](C(=O)OC)[C@@H]1CC[C@@](CCl)(O1)[C@@H]2O. The summed E-state index contributed by atoms with van der Waals surface area (Å²) in [6.07, 6.45) is -4.71. The molecule has 2 N–H and O–H groups in total. The first kappa shape index (κ1) is 30.1. The Bertz CT molecular complexity index is 994. The van der Waals surface area contributed by atoms with Crippen molar-refractivity contribution in [3.05, 3.63) is 23.8 Å². The summed E-state index contributed by atoms with van der Waals surface area (Å²) < 4.78 is 28.4. The van der Waals surface area contributed by atoms with Gasteiger partial charge in [0.25, 0.3) is 0 Å². The molecule has 2 bridgehead atoms. The van der Waals surface area contributed by atoms with Gasteiger partial charge in [0, 0.05) is 5.57 Å². The van der Waals surface area contributed by atoms with Crippen molar-refractivity contribution < 1.29 is 53.1 Å². The number of hydrogen-bond acceptors (Lipinski definition) is 11. The van der Waals surface area contributed by atoms with Crippen LogP contribution >= 0.6 is 11.6 Å². The number of aliphatic hydroxyl groups excluding tert-OH is 2. The number of carbonyl (C=O) groups excluding carboxylic acids is 4. The molecule has 0 aromatic heterocycles. The van der Waals surface area contributed by atoms with E-state index < -0.39 is 84.4 Å². The van der Waals surface area contributed by atoms with Crippen LogP contribution in [0, 0.1) is 17.8 Å². The third-order valence-electron chi connectivity index (χ3n) is 7.77. The van der Waals surface area contributed by atoms with Crippen molar-refractivity contribution >= 4 is 35.5 Å². The number of alkyl halides is 1. The Morgan fingerprint density at radius 1 is 1.29 bits per heavy atom. The van der Waals surface area contributed by atoms with Crippen LogP contribution in [0.25, 0.3) is 0 Å². The molecule has 3 saturated heterocycles. The molecule has 0 aromatic carbocycles. The fourth-order valence-electron chi connectivity index (χ4n) is 5.22. The van der Waals surface area contributed by atoms with E-state index in [0.717, 1.165) is 7.11 Å². The minimum Gasteiger partial charge on any atom is -0.469 e. The van der Waals surface area contributed by atoms with Crippen molar-refractivity contribution in [1.29, 1.82) is 0 Å². The molecule has 3 aliphatic rings. The van der Waals surface area contributed by atoms with Gasteiger partial charge in [0.1, 0.15) is 23.7 Å². The van der Waals surface area contributed by atoms with Gasteiger partial charge in [-0.2, -0.15) is 0 Å². The molecule has 9 atom stereocenters. The molecule has 3 heterocycles. The van der Waals surface area contributed by atoms with Gasteiger partial charge in [0.2, 0.25) is 0 Å². The number of hydrogen-bond donors (Lipinski definition) is 2. The number of fused-ring (bicyclic) bond motifs is 3. The lowest BCUT2D eigenvalue weighted by molar-refractivity contribution is -0.190. The lowest BCUT2D eigenvalue weighted by atomic mass is 9.76. The van der Waals surface area contributed by atoms with Gasteiger partial charge in [-0.15, -0.1) is 11.6 Å². The van der Waals surface area contributed by atoms with Gasteiger partial charge in [-0.3, -0.25) is 9.59 Å². The first-order valence-corrected chi connectivity index (χ1v) is 13.1. The van der Waals surface area contributed by atoms with Crippen molar-refractivity contribution in [2.75, 3.05) is 19.6 Å². The summed E-state index contributed by atoms with van der Waals surface area (Å²) in [4.78, 5) is 52.2. The number of ether oxygens (including phenoxy) is 5. The maximum absolute atomic E-state index is 13.3. The highest BCUT2D eigenvalue weighted by Crippen LogP contribution is 2.48. The summed E-state index contributed by atoms with van der Waals surface area (Å²) in [6.45, 7) is 8.05. The van der Waals surface area contributed by atoms with Gasteiger partial charge in [-0.25, -0.2) is 9.59 Å². The normalized spacial score (nSPS) is 35.8. The van der Waals surface area contributed by atoms with Gasteiger partial charge < -0.3 is 33.9 Å². The average Bonchev–Trinajstić information content (AvgIpc) is 3.48. The van der Waals surface area contributed by atoms with Crippen molar-refractivity contribution in [2.24, 2.45) is 17.8 Å². The highest BCUT2D eigenvalue weighted by Gasteiger charge is 2.63. The molecule has 0 radical (unpaired) electrons. The minimum atomic E-state index is -1.55. The molecule has 212 valence electrons. The zero-order valence-corrected chi connectivity index (χ0v) is 22.6. The lowest BCUT2D eigenvalue weighted by Crippen LogP contribution is -2.55. The summed E-state index contributed by atoms with van der Waals surface area (Å²) in [5.41, 5.74) is -1.70. The van der Waals surface area contributed by atoms with Crippen molar-refractivity contribution in [1.82, 2.24) is 0 Å². The maximum atomic E-state index is 13.3. The second-order valence-corrected chi connectivity index (χ2v) is 10.1. The molecular weight excluding hydrogens is 524 g/mol. The molecule has 0 aliphatic carbocycles. The average molecular weight is 559 g/mol. The monoisotopic (exact) mass is 558 g/mol. The predicted octanol–water partition coefficient (Wildman–Crippen LogP) is 1.21. The Morgan fingerprint density at radius 3 is 2.53 bits per heavy atom. The minimum absolute atomic E-state index is 0.116. The zero-order chi connectivity index (χ0) is 28.4. The van der Waals surface area contributed by atoms with E-state index in [1.165, 1.54) is 13.0 Å². The Labute approximate surface area is 226 Å². The van der Waals surface area contributed by atoms with E-state index in [4.69, 9.17) is 35.3 Å². The zero-order valence-electron chi connectivity index (χ0n) is 21.9. The lowest BCUT2D eigenvalue weighted by Gasteiger charge is -2.38. The number of halogens is 1. The van der Waals surface area contributed by atoms with E-state index >= 15 is 0 Å². The van der Waals surface area contributed by atoms with Crippen LogP contribution in [0.15, 0.2) is 23.8 Å². The quantitative estimate of drug-likeness (QED) is 0.191. The second-order valence-electron chi connectivity index (χ2n) is 9.86. The number of esters is 4. The van der Waals surface area contributed by atoms with Crippen LogP contribution < -0.4 is 0 Å². The molecule has 12 heteroatoms. The van der Waals surface area contributed by atoms with Crippen LogP contribution in [-0.2, 0) is 42.9 Å². The Hall–Kier alpha value is -2.47. The highest BCUT2D eigenvalue weighted by atomic mass is 35.5. The third kappa shape index (κ3) is 5.34. The fourth-order valence-corrected chi connectivity index (χ4v) is 5.57. The number of allylic oxidation sites excluding steroid dienone is 1. The Kier molecular flexibility index (Phi) is 9.62. The highest BCUT2D eigenvalue weighted by molar-refractivity contribution is 6.18. The van der Waals surface area contributed by atoms with Crippen LogP contribution in [0.3, 0.4) is 0 Å². The van der Waals surface area contributed by atoms with Crippen LogP contribution in [0.1, 0.15) is 40.0 Å². The topological polar surface area (TPSA) is 155 Å². The smallest absolute Gasteiger partial charge is 0.336 e.